The van der Waals surface area contributed by atoms with Crippen molar-refractivity contribution in [3.63, 3.8) is 0 Å². The van der Waals surface area contributed by atoms with Crippen LogP contribution < -0.4 is 15.0 Å². The lowest BCUT2D eigenvalue weighted by molar-refractivity contribution is 0.392. The summed E-state index contributed by atoms with van der Waals surface area (Å²) in [6, 6.07) is 1.94. The van der Waals surface area contributed by atoms with Crippen LogP contribution in [-0.4, -0.2) is 31.3 Å². The summed E-state index contributed by atoms with van der Waals surface area (Å²) >= 11 is 0. The molecule has 0 spiro atoms. The Kier molecular flexibility index (Phi) is 4.12. The van der Waals surface area contributed by atoms with Gasteiger partial charge in [0.25, 0.3) is 0 Å². The van der Waals surface area contributed by atoms with Gasteiger partial charge in [0.15, 0.2) is 0 Å². The fourth-order valence-corrected chi connectivity index (χ4v) is 2.06. The van der Waals surface area contributed by atoms with Crippen LogP contribution in [0, 0.1) is 13.8 Å². The van der Waals surface area contributed by atoms with E-state index in [2.05, 4.69) is 15.5 Å². The molecule has 0 unspecified atom stereocenters. The SMILES string of the molecule is COc1nccc(N(C)C)c1NCc1c(C)noc1C. The first kappa shape index (κ1) is 14.2. The zero-order chi connectivity index (χ0) is 14.7. The van der Waals surface area contributed by atoms with E-state index < -0.39 is 0 Å². The summed E-state index contributed by atoms with van der Waals surface area (Å²) in [7, 11) is 5.58. The van der Waals surface area contributed by atoms with E-state index >= 15 is 0 Å². The highest BCUT2D eigenvalue weighted by Crippen LogP contribution is 2.32. The Balaban J connectivity index is 2.28. The Hall–Kier alpha value is -2.24. The third-order valence-electron chi connectivity index (χ3n) is 3.19. The molecule has 0 saturated carbocycles. The maximum atomic E-state index is 5.33. The van der Waals surface area contributed by atoms with Crippen molar-refractivity contribution in [2.75, 3.05) is 31.4 Å². The fourth-order valence-electron chi connectivity index (χ4n) is 2.06. The van der Waals surface area contributed by atoms with Crippen LogP contribution in [0.4, 0.5) is 11.4 Å². The standard InChI is InChI=1S/C14H20N4O2/c1-9-11(10(2)20-17-9)8-16-13-12(18(3)4)6-7-15-14(13)19-5/h6-7,16H,8H2,1-5H3. The average molecular weight is 276 g/mol. The van der Waals surface area contributed by atoms with E-state index in [9.17, 15) is 0 Å². The number of aromatic nitrogens is 2. The predicted octanol–water partition coefficient (Wildman–Crippen LogP) is 2.37. The van der Waals surface area contributed by atoms with Crippen LogP contribution in [0.1, 0.15) is 17.0 Å². The maximum absolute atomic E-state index is 5.33. The quantitative estimate of drug-likeness (QED) is 0.904. The summed E-state index contributed by atoms with van der Waals surface area (Å²) in [6.45, 7) is 4.45. The monoisotopic (exact) mass is 276 g/mol. The van der Waals surface area contributed by atoms with Gasteiger partial charge < -0.3 is 19.5 Å². The zero-order valence-corrected chi connectivity index (χ0v) is 12.5. The van der Waals surface area contributed by atoms with Crippen molar-refractivity contribution < 1.29 is 9.26 Å². The van der Waals surface area contributed by atoms with E-state index in [4.69, 9.17) is 9.26 Å². The molecule has 1 N–H and O–H groups in total. The first-order valence-corrected chi connectivity index (χ1v) is 6.40. The molecule has 0 atom stereocenters. The van der Waals surface area contributed by atoms with Crippen LogP contribution in [0.2, 0.25) is 0 Å². The summed E-state index contributed by atoms with van der Waals surface area (Å²) in [4.78, 5) is 6.25. The lowest BCUT2D eigenvalue weighted by Crippen LogP contribution is -2.14. The number of pyridine rings is 1. The van der Waals surface area contributed by atoms with Gasteiger partial charge in [0, 0.05) is 32.4 Å². The molecular formula is C14H20N4O2. The second-order valence-corrected chi connectivity index (χ2v) is 4.77. The molecule has 20 heavy (non-hydrogen) atoms. The number of nitrogens with one attached hydrogen (secondary N) is 1. The third kappa shape index (κ3) is 2.68. The summed E-state index contributed by atoms with van der Waals surface area (Å²) in [6.07, 6.45) is 1.73. The maximum Gasteiger partial charge on any atom is 0.239 e. The molecule has 2 aromatic heterocycles. The van der Waals surface area contributed by atoms with Crippen molar-refractivity contribution in [3.05, 3.63) is 29.3 Å². The normalized spacial score (nSPS) is 10.4. The van der Waals surface area contributed by atoms with Gasteiger partial charge in [0.05, 0.1) is 18.5 Å². The zero-order valence-electron chi connectivity index (χ0n) is 12.5. The van der Waals surface area contributed by atoms with Crippen LogP contribution >= 0.6 is 0 Å². The minimum Gasteiger partial charge on any atom is -0.479 e. The minimum atomic E-state index is 0.572. The lowest BCUT2D eigenvalue weighted by Gasteiger charge is -2.19. The lowest BCUT2D eigenvalue weighted by atomic mass is 10.2. The van der Waals surface area contributed by atoms with Crippen LogP contribution in [0.25, 0.3) is 0 Å². The summed E-state index contributed by atoms with van der Waals surface area (Å²) in [5.41, 5.74) is 3.83. The van der Waals surface area contributed by atoms with Crippen LogP contribution in [0.15, 0.2) is 16.8 Å². The van der Waals surface area contributed by atoms with Crippen molar-refractivity contribution in [1.29, 1.82) is 0 Å². The Morgan fingerprint density at radius 1 is 1.35 bits per heavy atom. The van der Waals surface area contributed by atoms with Gasteiger partial charge >= 0.3 is 0 Å². The van der Waals surface area contributed by atoms with Crippen LogP contribution in [-0.2, 0) is 6.54 Å². The first-order valence-electron chi connectivity index (χ1n) is 6.40. The van der Waals surface area contributed by atoms with Gasteiger partial charge in [0.1, 0.15) is 11.4 Å². The van der Waals surface area contributed by atoms with E-state index in [1.54, 1.807) is 13.3 Å². The minimum absolute atomic E-state index is 0.572. The highest BCUT2D eigenvalue weighted by molar-refractivity contribution is 5.74. The van der Waals surface area contributed by atoms with E-state index in [1.165, 1.54) is 0 Å². The molecule has 0 bridgehead atoms. The van der Waals surface area contributed by atoms with Crippen LogP contribution in [0.3, 0.4) is 0 Å². The van der Waals surface area contributed by atoms with Crippen molar-refractivity contribution in [3.8, 4) is 5.88 Å². The molecule has 2 aromatic rings. The summed E-state index contributed by atoms with van der Waals surface area (Å²) < 4.78 is 10.5. The molecule has 2 rings (SSSR count). The number of ether oxygens (including phenoxy) is 1. The molecule has 6 heteroatoms. The van der Waals surface area contributed by atoms with Gasteiger partial charge in [-0.15, -0.1) is 0 Å². The molecule has 0 radical (unpaired) electrons. The molecule has 0 aliphatic carbocycles. The fraction of sp³-hybridized carbons (Fsp3) is 0.429. The Morgan fingerprint density at radius 3 is 2.65 bits per heavy atom. The predicted molar refractivity (Wildman–Crippen MR) is 78.4 cm³/mol. The van der Waals surface area contributed by atoms with Crippen molar-refractivity contribution >= 4 is 11.4 Å². The van der Waals surface area contributed by atoms with E-state index in [0.29, 0.717) is 12.4 Å². The number of hydrogen-bond donors (Lipinski definition) is 1. The molecule has 0 amide bonds. The van der Waals surface area contributed by atoms with E-state index in [1.807, 2.05) is 38.9 Å². The smallest absolute Gasteiger partial charge is 0.239 e. The van der Waals surface area contributed by atoms with Crippen molar-refractivity contribution in [2.45, 2.75) is 20.4 Å². The highest BCUT2D eigenvalue weighted by Gasteiger charge is 2.14. The number of methoxy groups -OCH3 is 1. The number of anilines is 2. The van der Waals surface area contributed by atoms with Crippen molar-refractivity contribution in [2.24, 2.45) is 0 Å². The molecule has 2 heterocycles. The topological polar surface area (TPSA) is 63.4 Å². The Morgan fingerprint density at radius 2 is 2.10 bits per heavy atom. The third-order valence-corrected chi connectivity index (χ3v) is 3.19. The second-order valence-electron chi connectivity index (χ2n) is 4.77. The molecule has 0 aromatic carbocycles. The molecule has 108 valence electrons. The van der Waals surface area contributed by atoms with E-state index in [-0.39, 0.29) is 0 Å². The summed E-state index contributed by atoms with van der Waals surface area (Å²) in [5, 5.41) is 7.33. The molecule has 0 fully saturated rings. The molecule has 0 aliphatic rings. The molecule has 6 nitrogen and oxygen atoms in total. The number of nitrogens with zero attached hydrogens (tertiary/aromatic N) is 3. The number of hydrogen-bond acceptors (Lipinski definition) is 6. The average Bonchev–Trinajstić information content (AvgIpc) is 2.75. The van der Waals surface area contributed by atoms with Gasteiger partial charge in [0.2, 0.25) is 5.88 Å². The Bertz CT molecular complexity index is 573. The Labute approximate surface area is 118 Å². The summed E-state index contributed by atoms with van der Waals surface area (Å²) in [5.74, 6) is 1.40. The van der Waals surface area contributed by atoms with Gasteiger partial charge in [-0.1, -0.05) is 5.16 Å². The van der Waals surface area contributed by atoms with Crippen LogP contribution in [0.5, 0.6) is 5.88 Å². The largest absolute Gasteiger partial charge is 0.479 e. The van der Waals surface area contributed by atoms with Gasteiger partial charge in [-0.2, -0.15) is 0 Å². The number of rotatable bonds is 5. The molecular weight excluding hydrogens is 256 g/mol. The van der Waals surface area contributed by atoms with Gasteiger partial charge in [-0.05, 0) is 19.9 Å². The molecule has 0 aliphatic heterocycles. The molecule has 0 saturated heterocycles. The van der Waals surface area contributed by atoms with Gasteiger partial charge in [-0.3, -0.25) is 0 Å². The van der Waals surface area contributed by atoms with Gasteiger partial charge in [-0.25, -0.2) is 4.98 Å². The van der Waals surface area contributed by atoms with Crippen molar-refractivity contribution in [1.82, 2.24) is 10.1 Å². The van der Waals surface area contributed by atoms with E-state index in [0.717, 1.165) is 28.4 Å². The highest BCUT2D eigenvalue weighted by atomic mass is 16.5. The number of aryl methyl sites for hydroxylation is 2. The second kappa shape index (κ2) is 5.81. The first-order chi connectivity index (χ1) is 9.54.